The van der Waals surface area contributed by atoms with Gasteiger partial charge in [0.1, 0.15) is 0 Å². The Morgan fingerprint density at radius 3 is 2.69 bits per heavy atom. The van der Waals surface area contributed by atoms with E-state index in [1.165, 1.54) is 0 Å². The van der Waals surface area contributed by atoms with Crippen molar-refractivity contribution in [2.75, 3.05) is 23.8 Å². The second-order valence-electron chi connectivity index (χ2n) is 5.52. The molecule has 0 saturated carbocycles. The second-order valence-corrected chi connectivity index (χ2v) is 5.52. The van der Waals surface area contributed by atoms with Crippen LogP contribution in [0.3, 0.4) is 0 Å². The maximum atomic E-state index is 14.1. The monoisotopic (exact) mass is 358 g/mol. The lowest BCUT2D eigenvalue weighted by molar-refractivity contribution is 0.269. The molecule has 0 spiro atoms. The summed E-state index contributed by atoms with van der Waals surface area (Å²) in [5.41, 5.74) is 1.42. The van der Waals surface area contributed by atoms with Crippen LogP contribution in [0.25, 0.3) is 0 Å². The largest absolute Gasteiger partial charge is 0.394 e. The molecule has 0 amide bonds. The number of benzene rings is 1. The molecule has 26 heavy (non-hydrogen) atoms. The van der Waals surface area contributed by atoms with E-state index < -0.39 is 11.9 Å². The zero-order chi connectivity index (χ0) is 18.4. The maximum Gasteiger partial charge on any atom is 0.229 e. The molecule has 1 atom stereocenters. The van der Waals surface area contributed by atoms with Crippen molar-refractivity contribution in [3.63, 3.8) is 0 Å². The van der Waals surface area contributed by atoms with Crippen molar-refractivity contribution in [2.24, 2.45) is 0 Å². The molecule has 0 radical (unpaired) electrons. The van der Waals surface area contributed by atoms with Gasteiger partial charge in [-0.25, -0.2) is 9.37 Å². The molecule has 4 N–H and O–H groups in total. The van der Waals surface area contributed by atoms with E-state index in [2.05, 4.69) is 25.7 Å². The molecule has 2 heterocycles. The topological polar surface area (TPSA) is 108 Å². The molecule has 1 aromatic carbocycles. The fourth-order valence-corrected chi connectivity index (χ4v) is 2.40. The van der Waals surface area contributed by atoms with Gasteiger partial charge in [0.25, 0.3) is 0 Å². The molecule has 0 aliphatic rings. The third-order valence-electron chi connectivity index (χ3n) is 3.66. The molecule has 0 unspecified atom stereocenters. The Hall–Kier alpha value is -3.04. The first kappa shape index (κ1) is 17.8. The number of aliphatic hydroxyl groups excluding tert-OH is 2. The van der Waals surface area contributed by atoms with Crippen molar-refractivity contribution in [3.8, 4) is 0 Å². The first-order valence-corrected chi connectivity index (χ1v) is 8.05. The number of aliphatic hydroxyl groups is 2. The summed E-state index contributed by atoms with van der Waals surface area (Å²) in [5, 5.41) is 28.4. The summed E-state index contributed by atoms with van der Waals surface area (Å²) < 4.78 is 15.6. The highest BCUT2D eigenvalue weighted by molar-refractivity contribution is 5.53. The molecule has 3 rings (SSSR count). The predicted octanol–water partition coefficient (Wildman–Crippen LogP) is 1.69. The van der Waals surface area contributed by atoms with E-state index in [1.54, 1.807) is 17.1 Å². The number of halogens is 1. The van der Waals surface area contributed by atoms with Gasteiger partial charge in [-0.3, -0.25) is 4.68 Å². The van der Waals surface area contributed by atoms with Crippen LogP contribution in [-0.4, -0.2) is 43.2 Å². The SMILES string of the molecule is OCCn1cc(Nc2ncc(F)c(N[C@H](CO)c3ccccc3)n2)cn1. The highest BCUT2D eigenvalue weighted by Gasteiger charge is 2.15. The van der Waals surface area contributed by atoms with Crippen LogP contribution in [0.15, 0.2) is 48.9 Å². The van der Waals surface area contributed by atoms with Crippen molar-refractivity contribution < 1.29 is 14.6 Å². The van der Waals surface area contributed by atoms with Gasteiger partial charge >= 0.3 is 0 Å². The summed E-state index contributed by atoms with van der Waals surface area (Å²) in [4.78, 5) is 8.04. The normalized spacial score (nSPS) is 12.0. The molecule has 9 heteroatoms. The Bertz CT molecular complexity index is 842. The van der Waals surface area contributed by atoms with Crippen LogP contribution in [0.1, 0.15) is 11.6 Å². The number of anilines is 3. The van der Waals surface area contributed by atoms with Crippen LogP contribution in [0.5, 0.6) is 0 Å². The molecule has 2 aromatic heterocycles. The molecule has 3 aromatic rings. The molecule has 0 saturated heterocycles. The van der Waals surface area contributed by atoms with E-state index in [4.69, 9.17) is 5.11 Å². The number of rotatable bonds is 8. The van der Waals surface area contributed by atoms with Gasteiger partial charge in [-0.1, -0.05) is 30.3 Å². The molecular formula is C17H19FN6O2. The van der Waals surface area contributed by atoms with E-state index in [0.29, 0.717) is 12.2 Å². The van der Waals surface area contributed by atoms with Gasteiger partial charge < -0.3 is 20.8 Å². The van der Waals surface area contributed by atoms with E-state index >= 15 is 0 Å². The summed E-state index contributed by atoms with van der Waals surface area (Å²) >= 11 is 0. The summed E-state index contributed by atoms with van der Waals surface area (Å²) in [5.74, 6) is -0.462. The van der Waals surface area contributed by atoms with Gasteiger partial charge in [0.2, 0.25) is 5.95 Å². The first-order chi connectivity index (χ1) is 12.7. The first-order valence-electron chi connectivity index (χ1n) is 8.05. The van der Waals surface area contributed by atoms with Gasteiger partial charge in [-0.15, -0.1) is 0 Å². The Labute approximate surface area is 149 Å². The van der Waals surface area contributed by atoms with Crippen molar-refractivity contribution >= 4 is 17.5 Å². The smallest absolute Gasteiger partial charge is 0.229 e. The molecule has 8 nitrogen and oxygen atoms in total. The minimum atomic E-state index is -0.624. The molecular weight excluding hydrogens is 339 g/mol. The lowest BCUT2D eigenvalue weighted by Crippen LogP contribution is -2.17. The van der Waals surface area contributed by atoms with Crippen LogP contribution in [0.4, 0.5) is 21.8 Å². The highest BCUT2D eigenvalue weighted by atomic mass is 19.1. The average molecular weight is 358 g/mol. The molecule has 0 aliphatic carbocycles. The van der Waals surface area contributed by atoms with Gasteiger partial charge in [0.15, 0.2) is 11.6 Å². The minimum Gasteiger partial charge on any atom is -0.394 e. The van der Waals surface area contributed by atoms with Gasteiger partial charge in [0, 0.05) is 6.20 Å². The molecule has 0 aliphatic heterocycles. The van der Waals surface area contributed by atoms with Crippen molar-refractivity contribution in [3.05, 3.63) is 60.3 Å². The van der Waals surface area contributed by atoms with Crippen LogP contribution >= 0.6 is 0 Å². The van der Waals surface area contributed by atoms with E-state index in [9.17, 15) is 9.50 Å². The number of aromatic nitrogens is 4. The summed E-state index contributed by atoms with van der Waals surface area (Å²) in [7, 11) is 0. The Morgan fingerprint density at radius 2 is 1.96 bits per heavy atom. The van der Waals surface area contributed by atoms with Crippen LogP contribution in [0, 0.1) is 5.82 Å². The van der Waals surface area contributed by atoms with E-state index in [0.717, 1.165) is 11.8 Å². The average Bonchev–Trinajstić information content (AvgIpc) is 3.10. The molecule has 0 fully saturated rings. The summed E-state index contributed by atoms with van der Waals surface area (Å²) in [6, 6.07) is 8.71. The lowest BCUT2D eigenvalue weighted by atomic mass is 10.1. The fraction of sp³-hybridized carbons (Fsp3) is 0.235. The highest BCUT2D eigenvalue weighted by Crippen LogP contribution is 2.21. The number of nitrogens with one attached hydrogen (secondary N) is 2. The van der Waals surface area contributed by atoms with E-state index in [-0.39, 0.29) is 25.0 Å². The van der Waals surface area contributed by atoms with Crippen LogP contribution in [0.2, 0.25) is 0 Å². The van der Waals surface area contributed by atoms with Gasteiger partial charge in [0.05, 0.1) is 43.9 Å². The Balaban J connectivity index is 1.76. The fourth-order valence-electron chi connectivity index (χ4n) is 2.40. The van der Waals surface area contributed by atoms with Crippen molar-refractivity contribution in [1.82, 2.24) is 19.7 Å². The van der Waals surface area contributed by atoms with Crippen LogP contribution in [-0.2, 0) is 6.54 Å². The zero-order valence-electron chi connectivity index (χ0n) is 13.9. The minimum absolute atomic E-state index is 0.0202. The van der Waals surface area contributed by atoms with E-state index in [1.807, 2.05) is 30.3 Å². The molecule has 136 valence electrons. The Morgan fingerprint density at radius 1 is 1.15 bits per heavy atom. The van der Waals surface area contributed by atoms with Crippen LogP contribution < -0.4 is 10.6 Å². The lowest BCUT2D eigenvalue weighted by Gasteiger charge is -2.18. The van der Waals surface area contributed by atoms with Crippen molar-refractivity contribution in [1.29, 1.82) is 0 Å². The zero-order valence-corrected chi connectivity index (χ0v) is 13.9. The maximum absolute atomic E-state index is 14.1. The Kier molecular flexibility index (Phi) is 5.72. The number of hydrogen-bond donors (Lipinski definition) is 4. The third kappa shape index (κ3) is 4.32. The van der Waals surface area contributed by atoms with Gasteiger partial charge in [-0.2, -0.15) is 10.1 Å². The summed E-state index contributed by atoms with van der Waals surface area (Å²) in [6.45, 7) is 0.127. The standard InChI is InChI=1S/C17H19FN6O2/c18-14-9-19-17(21-13-8-20-24(10-13)6-7-25)23-16(14)22-15(11-26)12-4-2-1-3-5-12/h1-5,8-10,15,25-26H,6-7,11H2,(H2,19,21,22,23)/t15-/m1/s1. The van der Waals surface area contributed by atoms with Gasteiger partial charge in [-0.05, 0) is 5.56 Å². The van der Waals surface area contributed by atoms with Crippen molar-refractivity contribution in [2.45, 2.75) is 12.6 Å². The third-order valence-corrected chi connectivity index (χ3v) is 3.66. The summed E-state index contributed by atoms with van der Waals surface area (Å²) in [6.07, 6.45) is 4.28. The number of hydrogen-bond acceptors (Lipinski definition) is 7. The number of nitrogens with zero attached hydrogens (tertiary/aromatic N) is 4. The quantitative estimate of drug-likeness (QED) is 0.485. The molecule has 0 bridgehead atoms. The second kappa shape index (κ2) is 8.37. The predicted molar refractivity (Wildman–Crippen MR) is 94.5 cm³/mol.